The van der Waals surface area contributed by atoms with Crippen molar-refractivity contribution in [2.24, 2.45) is 0 Å². The maximum atomic E-state index is 12.2. The molecule has 7 heteroatoms. The Hall–Kier alpha value is -1.50. The van der Waals surface area contributed by atoms with Crippen LogP contribution in [0.25, 0.3) is 0 Å². The summed E-state index contributed by atoms with van der Waals surface area (Å²) in [5, 5.41) is 6.28. The second kappa shape index (κ2) is 9.11. The van der Waals surface area contributed by atoms with E-state index in [-0.39, 0.29) is 31.0 Å². The summed E-state index contributed by atoms with van der Waals surface area (Å²) in [6.07, 6.45) is 1.90. The number of hydrogen-bond donors (Lipinski definition) is 2. The van der Waals surface area contributed by atoms with Gasteiger partial charge in [-0.05, 0) is 56.3 Å². The number of hydrogen-bond acceptors (Lipinski definition) is 4. The van der Waals surface area contributed by atoms with Crippen molar-refractivity contribution in [3.63, 3.8) is 0 Å². The third-order valence-corrected chi connectivity index (χ3v) is 4.23. The van der Waals surface area contributed by atoms with Gasteiger partial charge in [0, 0.05) is 10.5 Å². The van der Waals surface area contributed by atoms with E-state index in [9.17, 15) is 4.79 Å². The summed E-state index contributed by atoms with van der Waals surface area (Å²) in [6.45, 7) is 2.17. The van der Waals surface area contributed by atoms with Gasteiger partial charge in [-0.3, -0.25) is 4.79 Å². The highest BCUT2D eigenvalue weighted by Gasteiger charge is 2.18. The molecule has 1 saturated heterocycles. The molecule has 3 rings (SSSR count). The Balaban J connectivity index is 0.00000208. The first-order valence-corrected chi connectivity index (χ1v) is 8.49. The number of halogens is 2. The van der Waals surface area contributed by atoms with Crippen LogP contribution >= 0.6 is 28.3 Å². The molecule has 0 spiro atoms. The monoisotopic (exact) mass is 414 g/mol. The van der Waals surface area contributed by atoms with E-state index in [1.165, 1.54) is 0 Å². The summed E-state index contributed by atoms with van der Waals surface area (Å²) in [4.78, 5) is 12.2. The number of carbonyl (C=O) groups is 1. The molecule has 24 heavy (non-hydrogen) atoms. The molecule has 1 fully saturated rings. The molecule has 2 aromatic rings. The Labute approximate surface area is 155 Å². The molecule has 5 nitrogen and oxygen atoms in total. The van der Waals surface area contributed by atoms with Crippen LogP contribution < -0.4 is 15.4 Å². The molecule has 1 aromatic carbocycles. The maximum Gasteiger partial charge on any atom is 0.287 e. The smallest absolute Gasteiger partial charge is 0.287 e. The van der Waals surface area contributed by atoms with Crippen LogP contribution in [0.5, 0.6) is 5.75 Å². The van der Waals surface area contributed by atoms with Crippen LogP contribution in [0.4, 0.5) is 0 Å². The summed E-state index contributed by atoms with van der Waals surface area (Å²) in [5.74, 6) is 1.54. The van der Waals surface area contributed by atoms with E-state index in [1.807, 2.05) is 24.3 Å². The maximum absolute atomic E-state index is 12.2. The largest absolute Gasteiger partial charge is 0.486 e. The molecule has 0 saturated carbocycles. The van der Waals surface area contributed by atoms with Crippen molar-refractivity contribution >= 4 is 34.2 Å². The lowest BCUT2D eigenvalue weighted by molar-refractivity contribution is 0.0897. The zero-order chi connectivity index (χ0) is 16.1. The van der Waals surface area contributed by atoms with Gasteiger partial charge in [-0.25, -0.2) is 0 Å². The van der Waals surface area contributed by atoms with E-state index in [0.717, 1.165) is 36.2 Å². The first kappa shape index (κ1) is 18.8. The lowest BCUT2D eigenvalue weighted by Crippen LogP contribution is -2.42. The Bertz CT molecular complexity index is 671. The molecule has 1 aromatic heterocycles. The quantitative estimate of drug-likeness (QED) is 0.784. The van der Waals surface area contributed by atoms with E-state index in [0.29, 0.717) is 11.5 Å². The van der Waals surface area contributed by atoms with E-state index < -0.39 is 0 Å². The van der Waals surface area contributed by atoms with Crippen molar-refractivity contribution in [3.05, 3.63) is 52.4 Å². The Morgan fingerprint density at radius 2 is 2.08 bits per heavy atom. The molecule has 1 aliphatic heterocycles. The highest BCUT2D eigenvalue weighted by Crippen LogP contribution is 2.19. The number of amides is 1. The minimum absolute atomic E-state index is 0. The summed E-state index contributed by atoms with van der Waals surface area (Å²) in [6, 6.07) is 11.3. The molecule has 2 N–H and O–H groups in total. The van der Waals surface area contributed by atoms with E-state index in [2.05, 4.69) is 26.6 Å². The fraction of sp³-hybridized carbons (Fsp3) is 0.353. The van der Waals surface area contributed by atoms with Gasteiger partial charge in [0.2, 0.25) is 0 Å². The number of rotatable bonds is 5. The zero-order valence-corrected chi connectivity index (χ0v) is 15.5. The number of benzene rings is 1. The number of furan rings is 1. The minimum atomic E-state index is -0.161. The Kier molecular flexibility index (Phi) is 7.15. The molecule has 0 radical (unpaired) electrons. The average Bonchev–Trinajstić information content (AvgIpc) is 3.03. The van der Waals surface area contributed by atoms with Crippen LogP contribution in [0.3, 0.4) is 0 Å². The SMILES string of the molecule is Cl.O=C(NC1CCNCC1)c1ccc(COc2cccc(Br)c2)o1. The normalized spacial score (nSPS) is 14.7. The third kappa shape index (κ3) is 5.26. The van der Waals surface area contributed by atoms with Crippen LogP contribution in [0, 0.1) is 0 Å². The van der Waals surface area contributed by atoms with Gasteiger partial charge >= 0.3 is 0 Å². The van der Waals surface area contributed by atoms with Gasteiger partial charge in [-0.1, -0.05) is 22.0 Å². The molecule has 0 atom stereocenters. The van der Waals surface area contributed by atoms with Crippen molar-refractivity contribution in [1.82, 2.24) is 10.6 Å². The lowest BCUT2D eigenvalue weighted by Gasteiger charge is -2.23. The Morgan fingerprint density at radius 1 is 1.29 bits per heavy atom. The number of carbonyl (C=O) groups excluding carboxylic acids is 1. The van der Waals surface area contributed by atoms with Gasteiger partial charge < -0.3 is 19.8 Å². The van der Waals surface area contributed by atoms with Crippen LogP contribution in [-0.4, -0.2) is 25.0 Å². The number of nitrogens with one attached hydrogen (secondary N) is 2. The van der Waals surface area contributed by atoms with Gasteiger partial charge in [0.15, 0.2) is 5.76 Å². The van der Waals surface area contributed by atoms with Gasteiger partial charge in [0.1, 0.15) is 18.1 Å². The standard InChI is InChI=1S/C17H19BrN2O3.ClH/c18-12-2-1-3-14(10-12)22-11-15-4-5-16(23-15)17(21)20-13-6-8-19-9-7-13;/h1-5,10,13,19H,6-9,11H2,(H,20,21);1H. The van der Waals surface area contributed by atoms with E-state index in [4.69, 9.17) is 9.15 Å². The highest BCUT2D eigenvalue weighted by atomic mass is 79.9. The van der Waals surface area contributed by atoms with Gasteiger partial charge in [0.05, 0.1) is 0 Å². The molecule has 2 heterocycles. The number of piperidine rings is 1. The van der Waals surface area contributed by atoms with Crippen molar-refractivity contribution in [3.8, 4) is 5.75 Å². The summed E-state index contributed by atoms with van der Waals surface area (Å²) < 4.78 is 12.2. The molecule has 0 bridgehead atoms. The molecule has 0 aliphatic carbocycles. The summed E-state index contributed by atoms with van der Waals surface area (Å²) in [5.41, 5.74) is 0. The second-order valence-corrected chi connectivity index (χ2v) is 6.43. The molecule has 1 amide bonds. The second-order valence-electron chi connectivity index (χ2n) is 5.51. The highest BCUT2D eigenvalue weighted by molar-refractivity contribution is 9.10. The average molecular weight is 416 g/mol. The summed E-state index contributed by atoms with van der Waals surface area (Å²) in [7, 11) is 0. The van der Waals surface area contributed by atoms with E-state index in [1.54, 1.807) is 12.1 Å². The van der Waals surface area contributed by atoms with Gasteiger partial charge in [-0.15, -0.1) is 12.4 Å². The van der Waals surface area contributed by atoms with Gasteiger partial charge in [0.25, 0.3) is 5.91 Å². The van der Waals surface area contributed by atoms with Gasteiger partial charge in [-0.2, -0.15) is 0 Å². The topological polar surface area (TPSA) is 63.5 Å². The van der Waals surface area contributed by atoms with Crippen molar-refractivity contribution in [1.29, 1.82) is 0 Å². The molecule has 130 valence electrons. The van der Waals surface area contributed by atoms with Crippen LogP contribution in [0.2, 0.25) is 0 Å². The minimum Gasteiger partial charge on any atom is -0.486 e. The molecular weight excluding hydrogens is 396 g/mol. The summed E-state index contributed by atoms with van der Waals surface area (Å²) >= 11 is 3.40. The zero-order valence-electron chi connectivity index (χ0n) is 13.1. The van der Waals surface area contributed by atoms with Crippen molar-refractivity contribution < 1.29 is 13.9 Å². The van der Waals surface area contributed by atoms with Crippen LogP contribution in [0.1, 0.15) is 29.2 Å². The first-order valence-electron chi connectivity index (χ1n) is 7.69. The molecule has 1 aliphatic rings. The fourth-order valence-electron chi connectivity index (χ4n) is 2.51. The lowest BCUT2D eigenvalue weighted by atomic mass is 10.1. The van der Waals surface area contributed by atoms with Crippen molar-refractivity contribution in [2.45, 2.75) is 25.5 Å². The molecule has 0 unspecified atom stereocenters. The predicted molar refractivity (Wildman–Crippen MR) is 97.8 cm³/mol. The fourth-order valence-corrected chi connectivity index (χ4v) is 2.89. The Morgan fingerprint density at radius 3 is 2.83 bits per heavy atom. The third-order valence-electron chi connectivity index (χ3n) is 3.74. The predicted octanol–water partition coefficient (Wildman–Crippen LogP) is 3.52. The van der Waals surface area contributed by atoms with Crippen molar-refractivity contribution in [2.75, 3.05) is 13.1 Å². The number of ether oxygens (including phenoxy) is 1. The molecular formula is C17H20BrClN2O3. The van der Waals surface area contributed by atoms with Crippen LogP contribution in [0.15, 0.2) is 45.3 Å². The first-order chi connectivity index (χ1) is 11.2. The van der Waals surface area contributed by atoms with Crippen LogP contribution in [-0.2, 0) is 6.61 Å². The van der Waals surface area contributed by atoms with E-state index >= 15 is 0 Å².